The molecule has 1 aromatic carbocycles. The number of Topliss-reactive ketones (excluding diaryl/α,β-unsaturated/α-hetero) is 1. The molecule has 0 spiro atoms. The van der Waals surface area contributed by atoms with Gasteiger partial charge in [0.1, 0.15) is 12.2 Å². The van der Waals surface area contributed by atoms with Crippen molar-refractivity contribution in [1.82, 2.24) is 9.80 Å². The van der Waals surface area contributed by atoms with Crippen LogP contribution in [0.15, 0.2) is 35.3 Å². The van der Waals surface area contributed by atoms with Crippen LogP contribution in [0.2, 0.25) is 0 Å². The molecule has 2 bridgehead atoms. The first kappa shape index (κ1) is 41.7. The van der Waals surface area contributed by atoms with E-state index in [4.69, 9.17) is 28.7 Å². The molecule has 3 fully saturated rings. The number of hydrogen-bond donors (Lipinski definition) is 0. The number of likely N-dealkylation sites (N-methyl/N-ethyl adjacent to an activating group) is 1. The summed E-state index contributed by atoms with van der Waals surface area (Å²) < 4.78 is 48.5. The monoisotopic (exact) mass is 757 g/mol. The second-order valence-electron chi connectivity index (χ2n) is 16.8. The molecule has 13 heteroatoms. The summed E-state index contributed by atoms with van der Waals surface area (Å²) in [6, 6.07) is 7.91. The van der Waals surface area contributed by atoms with E-state index in [0.29, 0.717) is 31.5 Å². The van der Waals surface area contributed by atoms with Crippen LogP contribution in [0.5, 0.6) is 0 Å². The second kappa shape index (κ2) is 16.0. The third-order valence-corrected chi connectivity index (χ3v) is 12.6. The van der Waals surface area contributed by atoms with Crippen molar-refractivity contribution >= 4 is 29.5 Å². The van der Waals surface area contributed by atoms with E-state index in [1.165, 1.54) is 7.11 Å². The largest absolute Gasteiger partial charge is 0.455 e. The maximum absolute atomic E-state index is 16.9. The molecule has 1 unspecified atom stereocenters. The predicted molar refractivity (Wildman–Crippen MR) is 200 cm³/mol. The van der Waals surface area contributed by atoms with Crippen molar-refractivity contribution in [3.63, 3.8) is 0 Å². The van der Waals surface area contributed by atoms with Crippen molar-refractivity contribution in [3.8, 4) is 0 Å². The zero-order valence-electron chi connectivity index (χ0n) is 33.8. The van der Waals surface area contributed by atoms with E-state index >= 15 is 4.39 Å². The molecular weight excluding hydrogens is 697 g/mol. The number of nitrogens with zero attached hydrogens (tertiary/aromatic N) is 3. The number of ether oxygens (including phenoxy) is 5. The molecule has 13 atom stereocenters. The van der Waals surface area contributed by atoms with E-state index in [1.807, 2.05) is 45.8 Å². The molecular formula is C41H60FN3O9. The van der Waals surface area contributed by atoms with E-state index in [1.54, 1.807) is 49.9 Å². The summed E-state index contributed by atoms with van der Waals surface area (Å²) in [6.07, 6.45) is -2.46. The van der Waals surface area contributed by atoms with Crippen LogP contribution >= 0.6 is 0 Å². The lowest BCUT2D eigenvalue weighted by Crippen LogP contribution is -2.61. The molecule has 3 heterocycles. The Morgan fingerprint density at radius 2 is 1.70 bits per heavy atom. The van der Waals surface area contributed by atoms with Gasteiger partial charge in [0, 0.05) is 37.2 Å². The Morgan fingerprint density at radius 3 is 2.31 bits per heavy atom. The summed E-state index contributed by atoms with van der Waals surface area (Å²) in [6.45, 7) is 14.5. The Labute approximate surface area is 319 Å². The van der Waals surface area contributed by atoms with E-state index < -0.39 is 77.1 Å². The van der Waals surface area contributed by atoms with E-state index in [0.717, 1.165) is 19.1 Å². The summed E-state index contributed by atoms with van der Waals surface area (Å²) in [5.74, 6) is -4.59. The molecule has 2 saturated heterocycles. The smallest absolute Gasteiger partial charge is 0.410 e. The number of cyclic esters (lactones) is 1. The number of methoxy groups -OCH3 is 1. The first-order valence-corrected chi connectivity index (χ1v) is 19.4. The van der Waals surface area contributed by atoms with Gasteiger partial charge in [-0.3, -0.25) is 14.7 Å². The van der Waals surface area contributed by atoms with Crippen molar-refractivity contribution in [2.75, 3.05) is 34.3 Å². The number of amides is 1. The lowest BCUT2D eigenvalue weighted by Gasteiger charge is -2.48. The first-order valence-electron chi connectivity index (χ1n) is 19.4. The minimum atomic E-state index is -3.09. The van der Waals surface area contributed by atoms with E-state index in [9.17, 15) is 19.2 Å². The average Bonchev–Trinajstić information content (AvgIpc) is 3.25. The summed E-state index contributed by atoms with van der Waals surface area (Å²) in [5, 5.41) is 0. The van der Waals surface area contributed by atoms with Gasteiger partial charge in [-0.1, -0.05) is 52.8 Å². The van der Waals surface area contributed by atoms with Crippen LogP contribution in [0.4, 0.5) is 9.18 Å². The van der Waals surface area contributed by atoms with Gasteiger partial charge in [-0.25, -0.2) is 18.8 Å². The standard InChI is InChI=1S/C41H60FN3O9/c1-12-30-41(8)33-25(4)31(43-18-19-45(33)38(49)54-41)24(3)22-39(6,50-11)35(26(5)34(46)40(7,42)37(48)52-30)51-29-21-23(2)20-28(44(9)10)32(29)53-36(47)27-16-14-13-15-17-27/h13-17,23-26,28-30,32-33,35H,12,18-22H2,1-11H3/t23-,24-,25-,26-,28+,29-,30+,32-,33-,35-,39+,40?,41+/m1/s1. The molecule has 300 valence electrons. The predicted octanol–water partition coefficient (Wildman–Crippen LogP) is 5.70. The van der Waals surface area contributed by atoms with Crippen LogP contribution in [0.1, 0.15) is 91.4 Å². The molecule has 12 nitrogen and oxygen atoms in total. The quantitative estimate of drug-likeness (QED) is 0.194. The number of alkyl halides is 1. The highest BCUT2D eigenvalue weighted by atomic mass is 19.1. The van der Waals surface area contributed by atoms with Crippen molar-refractivity contribution in [3.05, 3.63) is 35.9 Å². The highest BCUT2D eigenvalue weighted by Gasteiger charge is 2.62. The van der Waals surface area contributed by atoms with Crippen LogP contribution in [0, 0.1) is 23.7 Å². The molecule has 0 radical (unpaired) electrons. The maximum Gasteiger partial charge on any atom is 0.410 e. The summed E-state index contributed by atoms with van der Waals surface area (Å²) >= 11 is 0. The number of esters is 2. The molecule has 1 aromatic rings. The average molecular weight is 758 g/mol. The SMILES string of the molecule is CC[C@@H]1OC(=O)C(C)(F)C(=O)[C@@H](C)[C@@H](O[C@@H]2C[C@H](C)C[C@H](N(C)C)[C@H]2OC(=O)c2ccccc2)[C@@](C)(OC)C[C@@H](C)C2=NCCN3C(=O)O[C@]1(C)[C@H]3[C@@H]2C. The molecule has 54 heavy (non-hydrogen) atoms. The van der Waals surface area contributed by atoms with Gasteiger partial charge in [0.15, 0.2) is 11.4 Å². The van der Waals surface area contributed by atoms with Gasteiger partial charge >= 0.3 is 18.0 Å². The fourth-order valence-corrected chi connectivity index (χ4v) is 9.68. The third-order valence-electron chi connectivity index (χ3n) is 12.6. The molecule has 3 aliphatic heterocycles. The van der Waals surface area contributed by atoms with Gasteiger partial charge in [-0.2, -0.15) is 0 Å². The van der Waals surface area contributed by atoms with Gasteiger partial charge < -0.3 is 28.6 Å². The summed E-state index contributed by atoms with van der Waals surface area (Å²) in [4.78, 5) is 63.9. The molecule has 1 aliphatic carbocycles. The lowest BCUT2D eigenvalue weighted by atomic mass is 9.72. The zero-order valence-corrected chi connectivity index (χ0v) is 33.8. The van der Waals surface area contributed by atoms with E-state index in [-0.39, 0.29) is 30.2 Å². The van der Waals surface area contributed by atoms with Crippen LogP contribution in [0.3, 0.4) is 0 Å². The third kappa shape index (κ3) is 7.69. The van der Waals surface area contributed by atoms with Gasteiger partial charge in [0.05, 0.1) is 36.0 Å². The van der Waals surface area contributed by atoms with Crippen molar-refractivity contribution < 1.29 is 47.3 Å². The Balaban J connectivity index is 1.61. The van der Waals surface area contributed by atoms with Gasteiger partial charge in [0.2, 0.25) is 0 Å². The Hall–Kier alpha value is -3.42. The topological polar surface area (TPSA) is 133 Å². The van der Waals surface area contributed by atoms with Crippen molar-refractivity contribution in [2.45, 2.75) is 134 Å². The van der Waals surface area contributed by atoms with Gasteiger partial charge in [-0.05, 0) is 84.5 Å². The molecule has 0 N–H and O–H groups in total. The Morgan fingerprint density at radius 1 is 1.04 bits per heavy atom. The lowest BCUT2D eigenvalue weighted by molar-refractivity contribution is -0.207. The number of carbonyl (C=O) groups excluding carboxylic acids is 4. The van der Waals surface area contributed by atoms with Crippen LogP contribution in [-0.4, -0.2) is 127 Å². The first-order chi connectivity index (χ1) is 25.3. The zero-order chi connectivity index (χ0) is 39.9. The van der Waals surface area contributed by atoms with Crippen LogP contribution < -0.4 is 0 Å². The highest BCUT2D eigenvalue weighted by molar-refractivity contribution is 6.08. The number of rotatable bonds is 7. The molecule has 4 aliphatic rings. The second-order valence-corrected chi connectivity index (χ2v) is 16.8. The normalized spacial score (nSPS) is 40.6. The fourth-order valence-electron chi connectivity index (χ4n) is 9.68. The minimum absolute atomic E-state index is 0.147. The summed E-state index contributed by atoms with van der Waals surface area (Å²) in [5.41, 5.74) is -4.46. The molecule has 5 rings (SSSR count). The highest BCUT2D eigenvalue weighted by Crippen LogP contribution is 2.45. The minimum Gasteiger partial charge on any atom is -0.455 e. The summed E-state index contributed by atoms with van der Waals surface area (Å²) in [7, 11) is 5.37. The number of fused-ring (bicyclic) bond motifs is 1. The number of benzene rings is 1. The Kier molecular flexibility index (Phi) is 12.3. The number of ketones is 1. The number of hydrogen-bond acceptors (Lipinski definition) is 11. The molecule has 0 aromatic heterocycles. The molecule has 1 saturated carbocycles. The van der Waals surface area contributed by atoms with Gasteiger partial charge in [0.25, 0.3) is 5.67 Å². The maximum atomic E-state index is 16.9. The number of carbonyl (C=O) groups is 4. The Bertz CT molecular complexity index is 1590. The van der Waals surface area contributed by atoms with Crippen molar-refractivity contribution in [2.24, 2.45) is 28.7 Å². The van der Waals surface area contributed by atoms with Crippen LogP contribution in [0.25, 0.3) is 0 Å². The van der Waals surface area contributed by atoms with E-state index in [2.05, 4.69) is 6.92 Å². The van der Waals surface area contributed by atoms with Crippen molar-refractivity contribution in [1.29, 1.82) is 0 Å². The fraction of sp³-hybridized carbons (Fsp3) is 0.732. The van der Waals surface area contributed by atoms with Gasteiger partial charge in [-0.15, -0.1) is 0 Å². The number of aliphatic imine (C=N–C) groups is 1. The number of halogens is 1. The molecule has 1 amide bonds. The van der Waals surface area contributed by atoms with Crippen LogP contribution in [-0.2, 0) is 33.3 Å².